The molecule has 33 heavy (non-hydrogen) atoms. The van der Waals surface area contributed by atoms with Crippen molar-refractivity contribution in [3.8, 4) is 0 Å². The number of hydrogen-bond donors (Lipinski definition) is 1. The van der Waals surface area contributed by atoms with Gasteiger partial charge in [-0.2, -0.15) is 0 Å². The zero-order valence-electron chi connectivity index (χ0n) is 16.8. The highest BCUT2D eigenvalue weighted by molar-refractivity contribution is 7.22. The Morgan fingerprint density at radius 1 is 1.21 bits per heavy atom. The molecule has 0 radical (unpaired) electrons. The molecule has 0 fully saturated rings. The van der Waals surface area contributed by atoms with Gasteiger partial charge in [0.05, 0.1) is 15.8 Å². The van der Waals surface area contributed by atoms with E-state index in [0.717, 1.165) is 22.3 Å². The van der Waals surface area contributed by atoms with Gasteiger partial charge in [0.25, 0.3) is 5.91 Å². The number of Topliss-reactive ketones (excluding diaryl/α,β-unsaturated/α-hetero) is 1. The molecule has 1 amide bonds. The number of carbonyl (C=O) groups excluding carboxylic acids is 2. The van der Waals surface area contributed by atoms with Crippen LogP contribution in [0.15, 0.2) is 64.3 Å². The summed E-state index contributed by atoms with van der Waals surface area (Å²) in [4.78, 5) is 31.8. The zero-order valence-corrected chi connectivity index (χ0v) is 18.4. The molecule has 0 bridgehead atoms. The van der Waals surface area contributed by atoms with Crippen LogP contribution in [0.2, 0.25) is 5.02 Å². The fraction of sp³-hybridized carbons (Fsp3) is 0.0870. The maximum Gasteiger partial charge on any atom is 0.296 e. The first-order valence-electron chi connectivity index (χ1n) is 9.64. The number of ketones is 1. The van der Waals surface area contributed by atoms with Crippen molar-refractivity contribution in [3.05, 3.63) is 93.6 Å². The van der Waals surface area contributed by atoms with Gasteiger partial charge >= 0.3 is 0 Å². The minimum Gasteiger partial charge on any atom is -0.503 e. The third kappa shape index (κ3) is 3.40. The lowest BCUT2D eigenvalue weighted by Crippen LogP contribution is -2.31. The fourth-order valence-electron chi connectivity index (χ4n) is 3.74. The molecule has 4 aromatic rings. The second-order valence-corrected chi connectivity index (χ2v) is 8.78. The van der Waals surface area contributed by atoms with Crippen LogP contribution in [0.3, 0.4) is 0 Å². The molecule has 2 aromatic carbocycles. The van der Waals surface area contributed by atoms with Crippen molar-refractivity contribution in [3.63, 3.8) is 0 Å². The van der Waals surface area contributed by atoms with E-state index in [1.54, 1.807) is 25.1 Å². The minimum atomic E-state index is -1.47. The SMILES string of the molecule is Cc1ccc(C(=O)C2=C(O)C(=O)N(c3nc4ccc(Cl)cc4s3)C2c2cccc(F)c2F)o1. The van der Waals surface area contributed by atoms with Crippen LogP contribution in [0, 0.1) is 18.6 Å². The summed E-state index contributed by atoms with van der Waals surface area (Å²) < 4.78 is 35.0. The van der Waals surface area contributed by atoms with E-state index < -0.39 is 40.7 Å². The molecule has 0 aliphatic carbocycles. The van der Waals surface area contributed by atoms with E-state index in [9.17, 15) is 23.5 Å². The predicted octanol–water partition coefficient (Wildman–Crippen LogP) is 5.91. The highest BCUT2D eigenvalue weighted by Gasteiger charge is 2.47. The van der Waals surface area contributed by atoms with Crippen LogP contribution in [-0.4, -0.2) is 21.8 Å². The third-order valence-electron chi connectivity index (χ3n) is 5.24. The first-order chi connectivity index (χ1) is 15.8. The Kier molecular flexibility index (Phi) is 5.02. The van der Waals surface area contributed by atoms with Crippen LogP contribution in [0.5, 0.6) is 0 Å². The number of aryl methyl sites for hydroxylation is 1. The van der Waals surface area contributed by atoms with Gasteiger partial charge in [-0.25, -0.2) is 13.8 Å². The average Bonchev–Trinajstić information content (AvgIpc) is 3.46. The van der Waals surface area contributed by atoms with Crippen molar-refractivity contribution in [2.75, 3.05) is 4.90 Å². The van der Waals surface area contributed by atoms with E-state index in [0.29, 0.717) is 21.0 Å². The largest absolute Gasteiger partial charge is 0.503 e. The van der Waals surface area contributed by atoms with Crippen molar-refractivity contribution >= 4 is 50.0 Å². The molecule has 1 aliphatic heterocycles. The lowest BCUT2D eigenvalue weighted by molar-refractivity contribution is -0.117. The normalized spacial score (nSPS) is 16.3. The Morgan fingerprint density at radius 3 is 2.73 bits per heavy atom. The number of aliphatic hydroxyl groups excluding tert-OH is 1. The summed E-state index contributed by atoms with van der Waals surface area (Å²) in [6.45, 7) is 1.62. The molecule has 1 aliphatic rings. The summed E-state index contributed by atoms with van der Waals surface area (Å²) in [5.41, 5.74) is -0.237. The second kappa shape index (κ2) is 7.79. The van der Waals surface area contributed by atoms with Crippen LogP contribution in [0.25, 0.3) is 10.2 Å². The number of thiazole rings is 1. The molecule has 5 rings (SSSR count). The number of hydrogen-bond acceptors (Lipinski definition) is 6. The summed E-state index contributed by atoms with van der Waals surface area (Å²) in [6, 6.07) is 9.76. The van der Waals surface area contributed by atoms with E-state index in [1.807, 2.05) is 0 Å². The van der Waals surface area contributed by atoms with Crippen molar-refractivity contribution < 1.29 is 27.9 Å². The van der Waals surface area contributed by atoms with Gasteiger partial charge in [0.2, 0.25) is 5.78 Å². The van der Waals surface area contributed by atoms with E-state index in [-0.39, 0.29) is 16.5 Å². The van der Waals surface area contributed by atoms with Crippen LogP contribution in [0.4, 0.5) is 13.9 Å². The molecule has 6 nitrogen and oxygen atoms in total. The van der Waals surface area contributed by atoms with Gasteiger partial charge in [-0.3, -0.25) is 14.5 Å². The molecule has 1 atom stereocenters. The number of fused-ring (bicyclic) bond motifs is 1. The number of furan rings is 1. The highest BCUT2D eigenvalue weighted by Crippen LogP contribution is 2.45. The monoisotopic (exact) mass is 486 g/mol. The Morgan fingerprint density at radius 2 is 2.00 bits per heavy atom. The first kappa shape index (κ1) is 21.3. The van der Waals surface area contributed by atoms with Crippen molar-refractivity contribution in [1.29, 1.82) is 0 Å². The Hall–Kier alpha value is -3.56. The number of nitrogens with zero attached hydrogens (tertiary/aromatic N) is 2. The Balaban J connectivity index is 1.72. The summed E-state index contributed by atoms with van der Waals surface area (Å²) in [7, 11) is 0. The zero-order chi connectivity index (χ0) is 23.4. The van der Waals surface area contributed by atoms with Crippen molar-refractivity contribution in [2.45, 2.75) is 13.0 Å². The predicted molar refractivity (Wildman–Crippen MR) is 119 cm³/mol. The Bertz CT molecular complexity index is 1490. The fourth-order valence-corrected chi connectivity index (χ4v) is 5.01. The second-order valence-electron chi connectivity index (χ2n) is 7.33. The van der Waals surface area contributed by atoms with Gasteiger partial charge in [-0.15, -0.1) is 0 Å². The number of amides is 1. The van der Waals surface area contributed by atoms with Crippen LogP contribution in [0.1, 0.15) is 27.9 Å². The van der Waals surface area contributed by atoms with E-state index in [4.69, 9.17) is 16.0 Å². The van der Waals surface area contributed by atoms with Crippen molar-refractivity contribution in [2.24, 2.45) is 0 Å². The van der Waals surface area contributed by atoms with Gasteiger partial charge in [0.15, 0.2) is 28.3 Å². The quantitative estimate of drug-likeness (QED) is 0.362. The number of anilines is 1. The standard InChI is InChI=1S/C23H13ClF2N2O4S/c1-10-5-8-15(32-10)20(29)17-19(12-3-2-4-13(25)18(12)26)28(22(31)21(17)30)23-27-14-7-6-11(24)9-16(14)33-23/h2-9,19,30H,1H3. The van der Waals surface area contributed by atoms with Crippen LogP contribution in [-0.2, 0) is 4.79 Å². The molecule has 0 spiro atoms. The molecule has 0 saturated heterocycles. The summed E-state index contributed by atoms with van der Waals surface area (Å²) >= 11 is 7.10. The smallest absolute Gasteiger partial charge is 0.296 e. The summed E-state index contributed by atoms with van der Waals surface area (Å²) in [6.07, 6.45) is 0. The number of benzene rings is 2. The van der Waals surface area contributed by atoms with Gasteiger partial charge in [0, 0.05) is 10.6 Å². The Labute approximate surface area is 194 Å². The minimum absolute atomic E-state index is 0.0795. The molecular formula is C23H13ClF2N2O4S. The number of carbonyl (C=O) groups is 2. The molecular weight excluding hydrogens is 474 g/mol. The number of halogens is 3. The third-order valence-corrected chi connectivity index (χ3v) is 6.49. The molecule has 1 unspecified atom stereocenters. The molecule has 3 heterocycles. The lowest BCUT2D eigenvalue weighted by atomic mass is 9.94. The van der Waals surface area contributed by atoms with Gasteiger partial charge in [-0.1, -0.05) is 35.1 Å². The van der Waals surface area contributed by atoms with Crippen LogP contribution >= 0.6 is 22.9 Å². The summed E-state index contributed by atoms with van der Waals surface area (Å²) in [5.74, 6) is -4.82. The summed E-state index contributed by atoms with van der Waals surface area (Å²) in [5, 5.41) is 11.2. The average molecular weight is 487 g/mol. The lowest BCUT2D eigenvalue weighted by Gasteiger charge is -2.24. The topological polar surface area (TPSA) is 83.6 Å². The molecule has 2 aromatic heterocycles. The van der Waals surface area contributed by atoms with Gasteiger partial charge in [-0.05, 0) is 43.3 Å². The maximum atomic E-state index is 14.9. The number of rotatable bonds is 4. The van der Waals surface area contributed by atoms with E-state index in [1.165, 1.54) is 24.3 Å². The highest BCUT2D eigenvalue weighted by atomic mass is 35.5. The molecule has 10 heteroatoms. The molecule has 0 saturated carbocycles. The number of aromatic nitrogens is 1. The maximum absolute atomic E-state index is 14.9. The van der Waals surface area contributed by atoms with E-state index >= 15 is 0 Å². The molecule has 166 valence electrons. The van der Waals surface area contributed by atoms with Crippen LogP contribution < -0.4 is 4.90 Å². The molecule has 1 N–H and O–H groups in total. The number of aliphatic hydroxyl groups is 1. The first-order valence-corrected chi connectivity index (χ1v) is 10.8. The van der Waals surface area contributed by atoms with E-state index in [2.05, 4.69) is 4.98 Å². The van der Waals surface area contributed by atoms with Gasteiger partial charge < -0.3 is 9.52 Å². The van der Waals surface area contributed by atoms with Gasteiger partial charge in [0.1, 0.15) is 11.8 Å². The van der Waals surface area contributed by atoms with Crippen molar-refractivity contribution in [1.82, 2.24) is 4.98 Å².